The summed E-state index contributed by atoms with van der Waals surface area (Å²) in [5.41, 5.74) is 8.31. The van der Waals surface area contributed by atoms with Crippen molar-refractivity contribution in [1.82, 2.24) is 21.2 Å². The zero-order chi connectivity index (χ0) is 18.6. The molecule has 0 saturated carbocycles. The molecule has 0 bridgehead atoms. The molecule has 0 aliphatic carbocycles. The maximum atomic E-state index is 12.4. The van der Waals surface area contributed by atoms with Gasteiger partial charge in [-0.2, -0.15) is 0 Å². The number of nitrogens with zero attached hydrogens (tertiary/aromatic N) is 1. The van der Waals surface area contributed by atoms with E-state index in [1.165, 1.54) is 5.56 Å². The number of rotatable bonds is 6. The van der Waals surface area contributed by atoms with Crippen LogP contribution in [-0.4, -0.2) is 16.9 Å². The minimum Gasteiger partial charge on any atom is -0.465 e. The van der Waals surface area contributed by atoms with Crippen molar-refractivity contribution in [3.8, 4) is 0 Å². The van der Waals surface area contributed by atoms with Crippen LogP contribution in [0.4, 0.5) is 0 Å². The van der Waals surface area contributed by atoms with Gasteiger partial charge in [0, 0.05) is 11.8 Å². The fourth-order valence-corrected chi connectivity index (χ4v) is 3.97. The molecule has 1 aliphatic heterocycles. The average molecular weight is 382 g/mol. The summed E-state index contributed by atoms with van der Waals surface area (Å²) in [6.45, 7) is 2.35. The van der Waals surface area contributed by atoms with Gasteiger partial charge in [0.25, 0.3) is 0 Å². The van der Waals surface area contributed by atoms with Crippen LogP contribution in [0.5, 0.6) is 0 Å². The van der Waals surface area contributed by atoms with Gasteiger partial charge >= 0.3 is 0 Å². The van der Waals surface area contributed by atoms with Crippen LogP contribution in [0.2, 0.25) is 0 Å². The number of amides is 1. The predicted octanol–water partition coefficient (Wildman–Crippen LogP) is 2.86. The number of nitrogens with one attached hydrogen (secondary N) is 3. The molecule has 3 heterocycles. The molecule has 0 radical (unpaired) electrons. The van der Waals surface area contributed by atoms with Crippen LogP contribution >= 0.6 is 11.3 Å². The first-order valence-corrected chi connectivity index (χ1v) is 9.87. The summed E-state index contributed by atoms with van der Waals surface area (Å²) in [7, 11) is 0. The molecule has 1 saturated heterocycles. The molecule has 7 heteroatoms. The topological polar surface area (TPSA) is 79.2 Å². The maximum absolute atomic E-state index is 12.4. The number of hydrogen-bond acceptors (Lipinski definition) is 6. The molecule has 1 amide bonds. The van der Waals surface area contributed by atoms with Crippen LogP contribution in [0, 0.1) is 6.92 Å². The zero-order valence-corrected chi connectivity index (χ0v) is 15.9. The Kier molecular flexibility index (Phi) is 5.33. The minimum atomic E-state index is -0.289. The van der Waals surface area contributed by atoms with Crippen molar-refractivity contribution in [3.63, 3.8) is 0 Å². The molecule has 3 N–H and O–H groups in total. The first-order valence-electron chi connectivity index (χ1n) is 8.99. The highest BCUT2D eigenvalue weighted by atomic mass is 32.1. The van der Waals surface area contributed by atoms with E-state index in [9.17, 15) is 4.79 Å². The zero-order valence-electron chi connectivity index (χ0n) is 15.1. The van der Waals surface area contributed by atoms with Gasteiger partial charge in [-0.15, -0.1) is 11.3 Å². The first-order chi connectivity index (χ1) is 13.2. The number of carbonyl (C=O) groups excluding carboxylic acids is 1. The van der Waals surface area contributed by atoms with Crippen LogP contribution in [-0.2, 0) is 17.8 Å². The predicted molar refractivity (Wildman–Crippen MR) is 104 cm³/mol. The lowest BCUT2D eigenvalue weighted by molar-refractivity contribution is -0.123. The van der Waals surface area contributed by atoms with Crippen molar-refractivity contribution in [1.29, 1.82) is 0 Å². The molecule has 27 heavy (non-hydrogen) atoms. The molecule has 3 aromatic rings. The Morgan fingerprint density at radius 2 is 2.11 bits per heavy atom. The number of benzene rings is 1. The third-order valence-corrected chi connectivity index (χ3v) is 5.46. The van der Waals surface area contributed by atoms with E-state index in [4.69, 9.17) is 4.42 Å². The van der Waals surface area contributed by atoms with E-state index >= 15 is 0 Å². The molecular weight excluding hydrogens is 360 g/mol. The lowest BCUT2D eigenvalue weighted by Gasteiger charge is -2.09. The van der Waals surface area contributed by atoms with Crippen LogP contribution < -0.4 is 16.2 Å². The third-order valence-electron chi connectivity index (χ3n) is 4.57. The Hall–Kier alpha value is -2.48. The number of hydrazine groups is 1. The Morgan fingerprint density at radius 1 is 1.26 bits per heavy atom. The van der Waals surface area contributed by atoms with E-state index in [2.05, 4.69) is 33.3 Å². The molecule has 6 nitrogen and oxygen atoms in total. The second-order valence-corrected chi connectivity index (χ2v) is 7.63. The molecule has 2 unspecified atom stereocenters. The SMILES string of the molecule is Cc1ccc(C2CC(C(=O)NCc3csc(Cc4ccccc4)n3)NN2)o1. The molecule has 1 aromatic carbocycles. The highest BCUT2D eigenvalue weighted by Crippen LogP contribution is 2.24. The van der Waals surface area contributed by atoms with E-state index in [-0.39, 0.29) is 18.0 Å². The lowest BCUT2D eigenvalue weighted by atomic mass is 10.1. The summed E-state index contributed by atoms with van der Waals surface area (Å²) in [5, 5.41) is 6.03. The molecular formula is C20H22N4O2S. The Morgan fingerprint density at radius 3 is 2.89 bits per heavy atom. The van der Waals surface area contributed by atoms with Crippen molar-refractivity contribution in [2.45, 2.75) is 38.4 Å². The molecule has 1 aliphatic rings. The van der Waals surface area contributed by atoms with E-state index in [1.54, 1.807) is 11.3 Å². The van der Waals surface area contributed by atoms with Crippen LogP contribution in [0.3, 0.4) is 0 Å². The van der Waals surface area contributed by atoms with Crippen LogP contribution in [0.15, 0.2) is 52.3 Å². The minimum absolute atomic E-state index is 0.00574. The lowest BCUT2D eigenvalue weighted by Crippen LogP contribution is -2.42. The van der Waals surface area contributed by atoms with Crippen molar-refractivity contribution >= 4 is 17.2 Å². The smallest absolute Gasteiger partial charge is 0.238 e. The second-order valence-electron chi connectivity index (χ2n) is 6.69. The van der Waals surface area contributed by atoms with Gasteiger partial charge in [0.05, 0.1) is 23.3 Å². The number of aryl methyl sites for hydroxylation is 1. The van der Waals surface area contributed by atoms with Gasteiger partial charge in [-0.25, -0.2) is 15.8 Å². The number of furan rings is 1. The molecule has 140 valence electrons. The van der Waals surface area contributed by atoms with Crippen LogP contribution in [0.1, 0.15) is 40.2 Å². The molecule has 0 spiro atoms. The van der Waals surface area contributed by atoms with Gasteiger partial charge in [0.2, 0.25) is 5.91 Å². The number of aromatic nitrogens is 1. The normalized spacial score (nSPS) is 19.3. The van der Waals surface area contributed by atoms with Gasteiger partial charge in [0.1, 0.15) is 17.6 Å². The summed E-state index contributed by atoms with van der Waals surface area (Å²) >= 11 is 1.63. The van der Waals surface area contributed by atoms with Crippen molar-refractivity contribution in [2.75, 3.05) is 0 Å². The average Bonchev–Trinajstić information content (AvgIpc) is 3.41. The summed E-state index contributed by atoms with van der Waals surface area (Å²) in [6.07, 6.45) is 1.47. The van der Waals surface area contributed by atoms with Gasteiger partial charge in [-0.3, -0.25) is 4.79 Å². The van der Waals surface area contributed by atoms with Gasteiger partial charge in [-0.1, -0.05) is 30.3 Å². The van der Waals surface area contributed by atoms with E-state index in [0.717, 1.165) is 28.6 Å². The number of carbonyl (C=O) groups is 1. The van der Waals surface area contributed by atoms with Crippen molar-refractivity contribution in [2.24, 2.45) is 0 Å². The van der Waals surface area contributed by atoms with Crippen molar-refractivity contribution < 1.29 is 9.21 Å². The highest BCUT2D eigenvalue weighted by molar-refractivity contribution is 7.09. The first kappa shape index (κ1) is 17.9. The van der Waals surface area contributed by atoms with Gasteiger partial charge in [-0.05, 0) is 31.0 Å². The quantitative estimate of drug-likeness (QED) is 0.611. The fraction of sp³-hybridized carbons (Fsp3) is 0.300. The largest absolute Gasteiger partial charge is 0.465 e. The summed E-state index contributed by atoms with van der Waals surface area (Å²) in [6, 6.07) is 13.9. The second kappa shape index (κ2) is 8.04. The highest BCUT2D eigenvalue weighted by Gasteiger charge is 2.31. The standard InChI is InChI=1S/C20H22N4O2S/c1-13-7-8-18(26-13)16-10-17(24-23-16)20(25)21-11-15-12-27-19(22-15)9-14-5-3-2-4-6-14/h2-8,12,16-17,23-24H,9-11H2,1H3,(H,21,25). The number of hydrogen-bond donors (Lipinski definition) is 3. The molecule has 1 fully saturated rings. The van der Waals surface area contributed by atoms with E-state index in [1.807, 2.05) is 42.6 Å². The van der Waals surface area contributed by atoms with E-state index in [0.29, 0.717) is 13.0 Å². The summed E-state index contributed by atoms with van der Waals surface area (Å²) in [5.74, 6) is 1.68. The Labute approximate surface area is 162 Å². The summed E-state index contributed by atoms with van der Waals surface area (Å²) in [4.78, 5) is 17.1. The van der Waals surface area contributed by atoms with Gasteiger partial charge in [0.15, 0.2) is 0 Å². The monoisotopic (exact) mass is 382 g/mol. The van der Waals surface area contributed by atoms with Gasteiger partial charge < -0.3 is 9.73 Å². The maximum Gasteiger partial charge on any atom is 0.238 e. The van der Waals surface area contributed by atoms with Crippen LogP contribution in [0.25, 0.3) is 0 Å². The summed E-state index contributed by atoms with van der Waals surface area (Å²) < 4.78 is 5.63. The Balaban J connectivity index is 1.27. The molecule has 4 rings (SSSR count). The molecule has 2 atom stereocenters. The van der Waals surface area contributed by atoms with E-state index < -0.39 is 0 Å². The fourth-order valence-electron chi connectivity index (χ4n) is 3.14. The Bertz CT molecular complexity index is 906. The molecule has 2 aromatic heterocycles. The number of thiazole rings is 1. The third kappa shape index (κ3) is 4.44. The van der Waals surface area contributed by atoms with Crippen molar-refractivity contribution in [3.05, 3.63) is 75.6 Å².